The van der Waals surface area contributed by atoms with Gasteiger partial charge in [0.2, 0.25) is 0 Å². The van der Waals surface area contributed by atoms with E-state index in [4.69, 9.17) is 0 Å². The minimum absolute atomic E-state index is 0.0219. The van der Waals surface area contributed by atoms with Crippen LogP contribution in [0.4, 0.5) is 5.69 Å². The molecule has 1 aromatic heterocycles. The lowest BCUT2D eigenvalue weighted by molar-refractivity contribution is 0.0414. The van der Waals surface area contributed by atoms with Crippen LogP contribution in [0.2, 0.25) is 0 Å². The third kappa shape index (κ3) is 2.85. The van der Waals surface area contributed by atoms with Crippen molar-refractivity contribution in [3.8, 4) is 0 Å². The molecule has 0 bridgehead atoms. The maximum Gasteiger partial charge on any atom is 0.329 e. The Bertz CT molecular complexity index is 944. The van der Waals surface area contributed by atoms with Crippen LogP contribution < -0.4 is 16.1 Å². The van der Waals surface area contributed by atoms with Crippen LogP contribution in [-0.2, 0) is 0 Å². The number of benzene rings is 1. The molecule has 1 aliphatic heterocycles. The van der Waals surface area contributed by atoms with Crippen molar-refractivity contribution < 1.29 is 10.2 Å². The summed E-state index contributed by atoms with van der Waals surface area (Å²) in [6, 6.07) is 3.89. The standard InChI is InChI=1S/C19H25N3O4/c1-11-15(21-8-2-3-12(9-21)16(24)10-23)7-6-14-17(11)22(13-4-5-13)19(26)20-18(14)25/h6-7,12-13,16,23-24H,2-5,8-10H2,1H3,(H,20,25,26). The first-order valence-electron chi connectivity index (χ1n) is 9.33. The number of hydrogen-bond acceptors (Lipinski definition) is 5. The molecule has 4 rings (SSSR count). The Morgan fingerprint density at radius 1 is 1.27 bits per heavy atom. The van der Waals surface area contributed by atoms with Gasteiger partial charge in [0.15, 0.2) is 0 Å². The zero-order chi connectivity index (χ0) is 18.4. The van der Waals surface area contributed by atoms with Crippen molar-refractivity contribution in [1.82, 2.24) is 9.55 Å². The molecule has 140 valence electrons. The molecule has 1 saturated carbocycles. The van der Waals surface area contributed by atoms with E-state index in [9.17, 15) is 19.8 Å². The highest BCUT2D eigenvalue weighted by Gasteiger charge is 2.30. The highest BCUT2D eigenvalue weighted by Crippen LogP contribution is 2.38. The SMILES string of the molecule is Cc1c(N2CCCC(C(O)CO)C2)ccc2c(=O)[nH]c(=O)n(C3CC3)c12. The van der Waals surface area contributed by atoms with Crippen LogP contribution in [0.5, 0.6) is 0 Å². The van der Waals surface area contributed by atoms with Crippen molar-refractivity contribution in [2.45, 2.75) is 44.8 Å². The Hall–Kier alpha value is -2.12. The minimum atomic E-state index is -0.717. The van der Waals surface area contributed by atoms with Crippen LogP contribution in [0.3, 0.4) is 0 Å². The normalized spacial score (nSPS) is 22.0. The Kier molecular flexibility index (Phi) is 4.36. The van der Waals surface area contributed by atoms with Crippen molar-refractivity contribution in [3.63, 3.8) is 0 Å². The van der Waals surface area contributed by atoms with E-state index in [1.165, 1.54) is 0 Å². The van der Waals surface area contributed by atoms with Crippen molar-refractivity contribution in [3.05, 3.63) is 38.5 Å². The number of aromatic nitrogens is 2. The van der Waals surface area contributed by atoms with Crippen molar-refractivity contribution in [2.75, 3.05) is 24.6 Å². The number of aromatic amines is 1. The van der Waals surface area contributed by atoms with E-state index >= 15 is 0 Å². The molecule has 1 aliphatic carbocycles. The third-order valence-electron chi connectivity index (χ3n) is 5.77. The molecule has 2 atom stereocenters. The smallest absolute Gasteiger partial charge is 0.329 e. The maximum absolute atomic E-state index is 12.4. The quantitative estimate of drug-likeness (QED) is 0.753. The average molecular weight is 359 g/mol. The first-order valence-corrected chi connectivity index (χ1v) is 9.33. The molecule has 2 fully saturated rings. The molecule has 7 nitrogen and oxygen atoms in total. The predicted molar refractivity (Wildman–Crippen MR) is 99.9 cm³/mol. The number of nitrogens with one attached hydrogen (secondary N) is 1. The lowest BCUT2D eigenvalue weighted by Gasteiger charge is -2.37. The van der Waals surface area contributed by atoms with E-state index in [2.05, 4.69) is 9.88 Å². The molecule has 0 spiro atoms. The number of nitrogens with zero attached hydrogens (tertiary/aromatic N) is 2. The first kappa shape index (κ1) is 17.3. The van der Waals surface area contributed by atoms with Gasteiger partial charge in [0.05, 0.1) is 23.6 Å². The molecule has 1 aromatic carbocycles. The highest BCUT2D eigenvalue weighted by molar-refractivity contribution is 5.86. The summed E-state index contributed by atoms with van der Waals surface area (Å²) in [5, 5.41) is 19.8. The van der Waals surface area contributed by atoms with E-state index in [1.807, 2.05) is 13.0 Å². The van der Waals surface area contributed by atoms with Gasteiger partial charge in [-0.25, -0.2) is 4.79 Å². The number of aryl methyl sites for hydroxylation is 1. The van der Waals surface area contributed by atoms with Gasteiger partial charge in [-0.15, -0.1) is 0 Å². The molecule has 2 aromatic rings. The Balaban J connectivity index is 1.82. The molecule has 3 N–H and O–H groups in total. The molecular formula is C19H25N3O4. The van der Waals surface area contributed by atoms with Gasteiger partial charge >= 0.3 is 5.69 Å². The lowest BCUT2D eigenvalue weighted by atomic mass is 9.92. The Morgan fingerprint density at radius 2 is 2.04 bits per heavy atom. The molecule has 0 amide bonds. The van der Waals surface area contributed by atoms with Crippen LogP contribution in [0.15, 0.2) is 21.7 Å². The van der Waals surface area contributed by atoms with E-state index < -0.39 is 6.10 Å². The van der Waals surface area contributed by atoms with Gasteiger partial charge in [0.1, 0.15) is 0 Å². The minimum Gasteiger partial charge on any atom is -0.394 e. The molecule has 2 unspecified atom stereocenters. The monoisotopic (exact) mass is 359 g/mol. The summed E-state index contributed by atoms with van der Waals surface area (Å²) in [4.78, 5) is 29.3. The third-order valence-corrected chi connectivity index (χ3v) is 5.77. The number of fused-ring (bicyclic) bond motifs is 1. The summed E-state index contributed by atoms with van der Waals surface area (Å²) >= 11 is 0. The van der Waals surface area contributed by atoms with Gasteiger partial charge in [-0.05, 0) is 50.3 Å². The van der Waals surface area contributed by atoms with Gasteiger partial charge in [0, 0.05) is 30.7 Å². The van der Waals surface area contributed by atoms with E-state index in [0.29, 0.717) is 11.9 Å². The topological polar surface area (TPSA) is 98.6 Å². The van der Waals surface area contributed by atoms with Crippen LogP contribution >= 0.6 is 0 Å². The first-order chi connectivity index (χ1) is 12.5. The van der Waals surface area contributed by atoms with Crippen LogP contribution in [0.1, 0.15) is 37.3 Å². The van der Waals surface area contributed by atoms with Crippen molar-refractivity contribution in [2.24, 2.45) is 5.92 Å². The number of H-pyrrole nitrogens is 1. The second kappa shape index (κ2) is 6.55. The number of hydrogen-bond donors (Lipinski definition) is 3. The van der Waals surface area contributed by atoms with Gasteiger partial charge in [-0.1, -0.05) is 0 Å². The molecular weight excluding hydrogens is 334 g/mol. The maximum atomic E-state index is 12.4. The zero-order valence-corrected chi connectivity index (χ0v) is 14.9. The summed E-state index contributed by atoms with van der Waals surface area (Å²) in [6.07, 6.45) is 3.02. The fraction of sp³-hybridized carbons (Fsp3) is 0.579. The molecule has 1 saturated heterocycles. The molecule has 7 heteroatoms. The average Bonchev–Trinajstić information content (AvgIpc) is 3.47. The summed E-state index contributed by atoms with van der Waals surface area (Å²) in [6.45, 7) is 3.25. The van der Waals surface area contributed by atoms with Gasteiger partial charge in [0.25, 0.3) is 5.56 Å². The lowest BCUT2D eigenvalue weighted by Crippen LogP contribution is -2.42. The zero-order valence-electron chi connectivity index (χ0n) is 14.9. The number of piperidine rings is 1. The number of aliphatic hydroxyl groups excluding tert-OH is 2. The summed E-state index contributed by atoms with van der Waals surface area (Å²) < 4.78 is 1.74. The number of rotatable bonds is 4. The number of aliphatic hydroxyl groups is 2. The van der Waals surface area contributed by atoms with Crippen molar-refractivity contribution >= 4 is 16.6 Å². The second-order valence-corrected chi connectivity index (χ2v) is 7.56. The van der Waals surface area contributed by atoms with Crippen molar-refractivity contribution in [1.29, 1.82) is 0 Å². The Morgan fingerprint density at radius 3 is 2.73 bits per heavy atom. The second-order valence-electron chi connectivity index (χ2n) is 7.56. The van der Waals surface area contributed by atoms with Crippen LogP contribution in [-0.4, -0.2) is 45.6 Å². The van der Waals surface area contributed by atoms with E-state index in [1.54, 1.807) is 10.6 Å². The van der Waals surface area contributed by atoms with Gasteiger partial charge in [-0.2, -0.15) is 0 Å². The van der Waals surface area contributed by atoms with E-state index in [0.717, 1.165) is 49.0 Å². The summed E-state index contributed by atoms with van der Waals surface area (Å²) in [7, 11) is 0. The largest absolute Gasteiger partial charge is 0.394 e. The fourth-order valence-electron chi connectivity index (χ4n) is 4.23. The van der Waals surface area contributed by atoms with Gasteiger partial charge < -0.3 is 15.1 Å². The molecule has 2 aliphatic rings. The van der Waals surface area contributed by atoms with Crippen LogP contribution in [0.25, 0.3) is 10.9 Å². The molecule has 0 radical (unpaired) electrons. The van der Waals surface area contributed by atoms with E-state index in [-0.39, 0.29) is 29.8 Å². The Labute approximate surface area is 150 Å². The fourth-order valence-corrected chi connectivity index (χ4v) is 4.23. The van der Waals surface area contributed by atoms with Gasteiger partial charge in [-0.3, -0.25) is 14.3 Å². The highest BCUT2D eigenvalue weighted by atomic mass is 16.3. The van der Waals surface area contributed by atoms with Crippen LogP contribution in [0, 0.1) is 12.8 Å². The predicted octanol–water partition coefficient (Wildman–Crippen LogP) is 0.903. The molecule has 26 heavy (non-hydrogen) atoms. The summed E-state index contributed by atoms with van der Waals surface area (Å²) in [5.41, 5.74) is 1.97. The number of anilines is 1. The summed E-state index contributed by atoms with van der Waals surface area (Å²) in [5.74, 6) is 0.0219. The molecule has 2 heterocycles.